The average Bonchev–Trinajstić information content (AvgIpc) is 3.10. The third-order valence-electron chi connectivity index (χ3n) is 4.51. The van der Waals surface area contributed by atoms with Gasteiger partial charge < -0.3 is 29.0 Å². The predicted molar refractivity (Wildman–Crippen MR) is 103 cm³/mol. The monoisotopic (exact) mass is 373 g/mol. The maximum atomic E-state index is 6.11. The summed E-state index contributed by atoms with van der Waals surface area (Å²) in [5.41, 5.74) is 1.03. The molecule has 1 aliphatic heterocycles. The Labute approximate surface area is 160 Å². The van der Waals surface area contributed by atoms with Crippen LogP contribution < -0.4 is 19.5 Å². The van der Waals surface area contributed by atoms with Crippen molar-refractivity contribution in [1.82, 2.24) is 5.32 Å². The number of methoxy groups -OCH3 is 2. The van der Waals surface area contributed by atoms with Crippen molar-refractivity contribution in [2.24, 2.45) is 0 Å². The van der Waals surface area contributed by atoms with Crippen LogP contribution in [0.3, 0.4) is 0 Å². The molecule has 1 saturated heterocycles. The Balaban J connectivity index is 1.43. The molecule has 2 atom stereocenters. The maximum absolute atomic E-state index is 6.11. The minimum Gasteiger partial charge on any atom is -0.493 e. The van der Waals surface area contributed by atoms with E-state index in [1.54, 1.807) is 14.2 Å². The summed E-state index contributed by atoms with van der Waals surface area (Å²) in [6, 6.07) is 15.6. The molecule has 1 N–H and O–H groups in total. The predicted octanol–water partition coefficient (Wildman–Crippen LogP) is 2.96. The topological polar surface area (TPSA) is 58.2 Å². The van der Waals surface area contributed by atoms with E-state index in [2.05, 4.69) is 5.32 Å². The largest absolute Gasteiger partial charge is 0.493 e. The molecule has 0 radical (unpaired) electrons. The van der Waals surface area contributed by atoms with Gasteiger partial charge in [0.05, 0.1) is 26.9 Å². The molecule has 0 amide bonds. The second-order valence-corrected chi connectivity index (χ2v) is 6.41. The molecular weight excluding hydrogens is 346 g/mol. The molecule has 3 rings (SSSR count). The summed E-state index contributed by atoms with van der Waals surface area (Å²) >= 11 is 0. The summed E-state index contributed by atoms with van der Waals surface area (Å²) in [6.45, 7) is 4.36. The summed E-state index contributed by atoms with van der Waals surface area (Å²) in [4.78, 5) is 0. The Morgan fingerprint density at radius 2 is 1.74 bits per heavy atom. The molecule has 1 aliphatic rings. The Hall–Kier alpha value is -2.28. The van der Waals surface area contributed by atoms with Gasteiger partial charge in [-0.25, -0.2) is 0 Å². The van der Waals surface area contributed by atoms with E-state index >= 15 is 0 Å². The van der Waals surface area contributed by atoms with Crippen molar-refractivity contribution < 1.29 is 23.7 Å². The Morgan fingerprint density at radius 3 is 2.41 bits per heavy atom. The molecule has 0 unspecified atom stereocenters. The Kier molecular flexibility index (Phi) is 6.55. The molecule has 27 heavy (non-hydrogen) atoms. The lowest BCUT2D eigenvalue weighted by molar-refractivity contribution is -0.161. The lowest BCUT2D eigenvalue weighted by Crippen LogP contribution is -2.33. The fourth-order valence-electron chi connectivity index (χ4n) is 3.08. The quantitative estimate of drug-likeness (QED) is 0.682. The molecule has 6 nitrogen and oxygen atoms in total. The van der Waals surface area contributed by atoms with Gasteiger partial charge >= 0.3 is 0 Å². The first kappa shape index (κ1) is 19.5. The van der Waals surface area contributed by atoms with Gasteiger partial charge in [0.1, 0.15) is 6.61 Å². The van der Waals surface area contributed by atoms with E-state index in [-0.39, 0.29) is 6.10 Å². The van der Waals surface area contributed by atoms with Gasteiger partial charge in [-0.1, -0.05) is 36.4 Å². The highest BCUT2D eigenvalue weighted by Gasteiger charge is 2.38. The standard InChI is InChI=1S/C21H27NO5/c1-21(16-8-5-4-6-9-16)26-15-17(27-21)14-22-12-13-25-20-18(23-2)10-7-11-19(20)24-3/h4-11,17,22H,12-15H2,1-3H3/t17-,21+/m1/s1. The van der Waals surface area contributed by atoms with Gasteiger partial charge in [-0.2, -0.15) is 0 Å². The molecule has 2 aromatic carbocycles. The summed E-state index contributed by atoms with van der Waals surface area (Å²) in [5.74, 6) is 1.23. The highest BCUT2D eigenvalue weighted by molar-refractivity contribution is 5.51. The molecule has 146 valence electrons. The summed E-state index contributed by atoms with van der Waals surface area (Å²) in [5, 5.41) is 3.35. The van der Waals surface area contributed by atoms with Crippen molar-refractivity contribution in [3.63, 3.8) is 0 Å². The van der Waals surface area contributed by atoms with Gasteiger partial charge in [-0.05, 0) is 19.1 Å². The Morgan fingerprint density at radius 1 is 1.04 bits per heavy atom. The molecular formula is C21H27NO5. The highest BCUT2D eigenvalue weighted by Crippen LogP contribution is 2.36. The van der Waals surface area contributed by atoms with Gasteiger partial charge in [0.15, 0.2) is 17.3 Å². The minimum atomic E-state index is -0.686. The third-order valence-corrected chi connectivity index (χ3v) is 4.51. The van der Waals surface area contributed by atoms with Crippen LogP contribution in [0.5, 0.6) is 17.2 Å². The van der Waals surface area contributed by atoms with Gasteiger partial charge in [0.25, 0.3) is 0 Å². The normalized spacial score (nSPS) is 21.8. The second kappa shape index (κ2) is 9.08. The van der Waals surface area contributed by atoms with E-state index in [4.69, 9.17) is 23.7 Å². The number of rotatable bonds is 9. The van der Waals surface area contributed by atoms with Crippen LogP contribution in [0.2, 0.25) is 0 Å². The molecule has 0 saturated carbocycles. The van der Waals surface area contributed by atoms with Gasteiger partial charge in [-0.15, -0.1) is 0 Å². The van der Waals surface area contributed by atoms with E-state index in [9.17, 15) is 0 Å². The fourth-order valence-corrected chi connectivity index (χ4v) is 3.08. The second-order valence-electron chi connectivity index (χ2n) is 6.41. The van der Waals surface area contributed by atoms with E-state index in [1.807, 2.05) is 55.5 Å². The van der Waals surface area contributed by atoms with Gasteiger partial charge in [0, 0.05) is 18.7 Å². The molecule has 2 aromatic rings. The van der Waals surface area contributed by atoms with Crippen molar-refractivity contribution in [1.29, 1.82) is 0 Å². The number of nitrogens with one attached hydrogen (secondary N) is 1. The molecule has 6 heteroatoms. The zero-order valence-corrected chi connectivity index (χ0v) is 16.1. The van der Waals surface area contributed by atoms with Crippen LogP contribution in [0.1, 0.15) is 12.5 Å². The van der Waals surface area contributed by atoms with Crippen molar-refractivity contribution in [2.75, 3.05) is 40.5 Å². The van der Waals surface area contributed by atoms with Gasteiger partial charge in [0.2, 0.25) is 5.75 Å². The third kappa shape index (κ3) is 4.71. The number of hydrogen-bond donors (Lipinski definition) is 1. The minimum absolute atomic E-state index is 0.00370. The number of ether oxygens (including phenoxy) is 5. The lowest BCUT2D eigenvalue weighted by atomic mass is 10.1. The smallest absolute Gasteiger partial charge is 0.203 e. The molecule has 0 aromatic heterocycles. The molecule has 0 spiro atoms. The van der Waals surface area contributed by atoms with Crippen LogP contribution in [0.25, 0.3) is 0 Å². The number of hydrogen-bond acceptors (Lipinski definition) is 6. The molecule has 0 aliphatic carbocycles. The zero-order valence-electron chi connectivity index (χ0n) is 16.1. The first-order valence-corrected chi connectivity index (χ1v) is 9.08. The van der Waals surface area contributed by atoms with Crippen LogP contribution in [-0.4, -0.2) is 46.6 Å². The maximum Gasteiger partial charge on any atom is 0.203 e. The van der Waals surface area contributed by atoms with Gasteiger partial charge in [-0.3, -0.25) is 0 Å². The first-order chi connectivity index (χ1) is 13.2. The summed E-state index contributed by atoms with van der Waals surface area (Å²) in [6.07, 6.45) is -0.00370. The Bertz CT molecular complexity index is 702. The van der Waals surface area contributed by atoms with Crippen LogP contribution in [0.4, 0.5) is 0 Å². The molecule has 0 bridgehead atoms. The first-order valence-electron chi connectivity index (χ1n) is 9.08. The van der Waals surface area contributed by atoms with Crippen LogP contribution in [0.15, 0.2) is 48.5 Å². The number of para-hydroxylation sites is 1. The SMILES string of the molecule is COc1cccc(OC)c1OCCNC[C@@H]1CO[C@](C)(c2ccccc2)O1. The van der Waals surface area contributed by atoms with Crippen LogP contribution >= 0.6 is 0 Å². The fraction of sp³-hybridized carbons (Fsp3) is 0.429. The number of benzene rings is 2. The highest BCUT2D eigenvalue weighted by atomic mass is 16.7. The van der Waals surface area contributed by atoms with Crippen LogP contribution in [-0.2, 0) is 15.3 Å². The van der Waals surface area contributed by atoms with Crippen LogP contribution in [0, 0.1) is 0 Å². The summed E-state index contributed by atoms with van der Waals surface area (Å²) < 4.78 is 28.5. The van der Waals surface area contributed by atoms with E-state index in [0.29, 0.717) is 43.6 Å². The zero-order chi connectivity index (χ0) is 19.1. The summed E-state index contributed by atoms with van der Waals surface area (Å²) in [7, 11) is 3.22. The van der Waals surface area contributed by atoms with Crippen molar-refractivity contribution >= 4 is 0 Å². The van der Waals surface area contributed by atoms with Crippen molar-refractivity contribution in [3.8, 4) is 17.2 Å². The van der Waals surface area contributed by atoms with E-state index in [0.717, 1.165) is 5.56 Å². The molecule has 1 heterocycles. The lowest BCUT2D eigenvalue weighted by Gasteiger charge is -2.23. The van der Waals surface area contributed by atoms with Crippen molar-refractivity contribution in [3.05, 3.63) is 54.1 Å². The van der Waals surface area contributed by atoms with E-state index in [1.165, 1.54) is 0 Å². The molecule has 1 fully saturated rings. The van der Waals surface area contributed by atoms with Crippen molar-refractivity contribution in [2.45, 2.75) is 18.8 Å². The average molecular weight is 373 g/mol. The van der Waals surface area contributed by atoms with E-state index < -0.39 is 5.79 Å².